The number of likely N-dealkylation sites (tertiary alicyclic amines) is 1. The summed E-state index contributed by atoms with van der Waals surface area (Å²) < 4.78 is 0. The molecule has 4 amide bonds. The van der Waals surface area contributed by atoms with Crippen LogP contribution in [-0.4, -0.2) is 64.3 Å². The Bertz CT molecular complexity index is 945. The first-order valence-electron chi connectivity index (χ1n) is 10.9. The van der Waals surface area contributed by atoms with Gasteiger partial charge in [0.05, 0.1) is 5.69 Å². The van der Waals surface area contributed by atoms with Gasteiger partial charge in [-0.3, -0.25) is 19.5 Å². The molecule has 0 aliphatic carbocycles. The Morgan fingerprint density at radius 1 is 1.25 bits per heavy atom. The van der Waals surface area contributed by atoms with E-state index in [4.69, 9.17) is 0 Å². The predicted octanol–water partition coefficient (Wildman–Crippen LogP) is 3.12. The van der Waals surface area contributed by atoms with Gasteiger partial charge < -0.3 is 10.2 Å². The van der Waals surface area contributed by atoms with Crippen molar-refractivity contribution in [3.8, 4) is 0 Å². The second-order valence-corrected chi connectivity index (χ2v) is 10.2. The van der Waals surface area contributed by atoms with Crippen molar-refractivity contribution < 1.29 is 14.4 Å². The van der Waals surface area contributed by atoms with Crippen molar-refractivity contribution in [1.29, 1.82) is 0 Å². The average molecular weight is 473 g/mol. The van der Waals surface area contributed by atoms with Crippen molar-refractivity contribution in [1.82, 2.24) is 20.1 Å². The molecular weight excluding hydrogens is 444 g/mol. The fourth-order valence-corrected chi connectivity index (χ4v) is 5.72. The molecule has 32 heavy (non-hydrogen) atoms. The fraction of sp³-hybridized carbons (Fsp3) is 0.478. The van der Waals surface area contributed by atoms with E-state index in [-0.39, 0.29) is 23.8 Å². The second kappa shape index (κ2) is 10.0. The van der Waals surface area contributed by atoms with Gasteiger partial charge in [0.15, 0.2) is 5.54 Å². The van der Waals surface area contributed by atoms with Gasteiger partial charge in [-0.2, -0.15) is 11.8 Å². The molecule has 4 heterocycles. The lowest BCUT2D eigenvalue weighted by Gasteiger charge is -2.40. The molecule has 1 unspecified atom stereocenters. The Kier molecular flexibility index (Phi) is 7.15. The standard InChI is InChI=1S/C23H28N4O3S2/c1-31-16-10-20(28)26-12-7-17(8-13-26)23(19-6-2-3-11-24-19)21(29)27(22(30)25-23)14-9-18-5-4-15-32-18/h2-6,11,15,17H,7-10,12-14,16H2,1H3,(H,25,30). The van der Waals surface area contributed by atoms with Crippen molar-refractivity contribution in [3.63, 3.8) is 0 Å². The third kappa shape index (κ3) is 4.41. The summed E-state index contributed by atoms with van der Waals surface area (Å²) in [6.45, 7) is 1.52. The van der Waals surface area contributed by atoms with Crippen molar-refractivity contribution in [2.75, 3.05) is 31.6 Å². The van der Waals surface area contributed by atoms with Gasteiger partial charge in [0.2, 0.25) is 5.91 Å². The Morgan fingerprint density at radius 2 is 2.06 bits per heavy atom. The molecule has 0 saturated carbocycles. The van der Waals surface area contributed by atoms with Crippen LogP contribution in [0.1, 0.15) is 29.8 Å². The van der Waals surface area contributed by atoms with E-state index < -0.39 is 5.54 Å². The number of thiophene rings is 1. The third-order valence-corrected chi connectivity index (χ3v) is 7.89. The maximum absolute atomic E-state index is 13.8. The molecule has 2 fully saturated rings. The molecule has 1 N–H and O–H groups in total. The quantitative estimate of drug-likeness (QED) is 0.597. The average Bonchev–Trinajstić information content (AvgIpc) is 3.43. The topological polar surface area (TPSA) is 82.6 Å². The number of imide groups is 1. The SMILES string of the molecule is CSCCC(=O)N1CCC(C2(c3ccccn3)NC(=O)N(CCc3cccs3)C2=O)CC1. The highest BCUT2D eigenvalue weighted by molar-refractivity contribution is 7.98. The summed E-state index contributed by atoms with van der Waals surface area (Å²) in [4.78, 5) is 48.1. The number of piperidine rings is 1. The zero-order chi connectivity index (χ0) is 22.6. The van der Waals surface area contributed by atoms with Crippen LogP contribution in [-0.2, 0) is 21.5 Å². The molecule has 0 radical (unpaired) electrons. The number of urea groups is 1. The number of rotatable bonds is 8. The first-order valence-corrected chi connectivity index (χ1v) is 13.2. The van der Waals surface area contributed by atoms with Crippen molar-refractivity contribution in [2.24, 2.45) is 5.92 Å². The number of hydrogen-bond acceptors (Lipinski definition) is 6. The zero-order valence-corrected chi connectivity index (χ0v) is 19.8. The molecule has 4 rings (SSSR count). The molecule has 2 aromatic heterocycles. The monoisotopic (exact) mass is 472 g/mol. The smallest absolute Gasteiger partial charge is 0.325 e. The molecule has 2 saturated heterocycles. The maximum atomic E-state index is 13.8. The molecule has 170 valence electrons. The van der Waals surface area contributed by atoms with Crippen molar-refractivity contribution in [2.45, 2.75) is 31.2 Å². The second-order valence-electron chi connectivity index (χ2n) is 8.14. The number of carbonyl (C=O) groups excluding carboxylic acids is 3. The van der Waals surface area contributed by atoms with Gasteiger partial charge in [-0.15, -0.1) is 11.3 Å². The predicted molar refractivity (Wildman–Crippen MR) is 126 cm³/mol. The Morgan fingerprint density at radius 3 is 2.72 bits per heavy atom. The summed E-state index contributed by atoms with van der Waals surface area (Å²) in [5.41, 5.74) is -0.605. The van der Waals surface area contributed by atoms with Crippen LogP contribution in [0.25, 0.3) is 0 Å². The van der Waals surface area contributed by atoms with E-state index in [1.807, 2.05) is 40.8 Å². The van der Waals surface area contributed by atoms with Gasteiger partial charge >= 0.3 is 6.03 Å². The summed E-state index contributed by atoms with van der Waals surface area (Å²) in [6, 6.07) is 9.09. The number of carbonyl (C=O) groups is 3. The van der Waals surface area contributed by atoms with Crippen LogP contribution in [0.4, 0.5) is 4.79 Å². The Labute approximate surface area is 196 Å². The molecule has 0 spiro atoms. The minimum atomic E-state index is -1.18. The maximum Gasteiger partial charge on any atom is 0.325 e. The van der Waals surface area contributed by atoms with Gasteiger partial charge in [0.1, 0.15) is 0 Å². The summed E-state index contributed by atoms with van der Waals surface area (Å²) in [5, 5.41) is 5.03. The van der Waals surface area contributed by atoms with Gasteiger partial charge in [-0.25, -0.2) is 4.79 Å². The van der Waals surface area contributed by atoms with E-state index in [0.717, 1.165) is 10.6 Å². The number of amides is 4. The van der Waals surface area contributed by atoms with Crippen LogP contribution >= 0.6 is 23.1 Å². The minimum Gasteiger partial charge on any atom is -0.343 e. The Balaban J connectivity index is 1.54. The van der Waals surface area contributed by atoms with E-state index in [0.29, 0.717) is 51.0 Å². The first-order chi connectivity index (χ1) is 15.6. The van der Waals surface area contributed by atoms with Crippen LogP contribution in [0.5, 0.6) is 0 Å². The highest BCUT2D eigenvalue weighted by Gasteiger charge is 2.58. The van der Waals surface area contributed by atoms with E-state index in [1.165, 1.54) is 4.90 Å². The molecule has 2 aromatic rings. The molecule has 7 nitrogen and oxygen atoms in total. The highest BCUT2D eigenvalue weighted by Crippen LogP contribution is 2.40. The molecule has 1 atom stereocenters. The lowest BCUT2D eigenvalue weighted by Crippen LogP contribution is -2.54. The molecule has 2 aliphatic heterocycles. The van der Waals surface area contributed by atoms with Crippen molar-refractivity contribution in [3.05, 3.63) is 52.5 Å². The largest absolute Gasteiger partial charge is 0.343 e. The fourth-order valence-electron chi connectivity index (χ4n) is 4.64. The third-order valence-electron chi connectivity index (χ3n) is 6.34. The molecule has 0 aromatic carbocycles. The number of hydrogen-bond donors (Lipinski definition) is 1. The van der Waals surface area contributed by atoms with Crippen LogP contribution in [0.3, 0.4) is 0 Å². The van der Waals surface area contributed by atoms with Crippen LogP contribution in [0.2, 0.25) is 0 Å². The van der Waals surface area contributed by atoms with Gasteiger partial charge in [0.25, 0.3) is 5.91 Å². The van der Waals surface area contributed by atoms with Crippen molar-refractivity contribution >= 4 is 40.9 Å². The van der Waals surface area contributed by atoms with E-state index >= 15 is 0 Å². The minimum absolute atomic E-state index is 0.120. The molecule has 9 heteroatoms. The van der Waals surface area contributed by atoms with Gasteiger partial charge in [0, 0.05) is 48.8 Å². The lowest BCUT2D eigenvalue weighted by atomic mass is 9.75. The van der Waals surface area contributed by atoms with Crippen LogP contribution in [0, 0.1) is 5.92 Å². The number of aromatic nitrogens is 1. The number of nitrogens with zero attached hydrogens (tertiary/aromatic N) is 3. The van der Waals surface area contributed by atoms with E-state index in [1.54, 1.807) is 35.4 Å². The highest BCUT2D eigenvalue weighted by atomic mass is 32.2. The molecule has 0 bridgehead atoms. The molecule has 2 aliphatic rings. The normalized spacial score (nSPS) is 21.8. The summed E-state index contributed by atoms with van der Waals surface area (Å²) in [7, 11) is 0. The number of pyridine rings is 1. The molecular formula is C23H28N4O3S2. The van der Waals surface area contributed by atoms with Crippen LogP contribution < -0.4 is 5.32 Å². The Hall–Kier alpha value is -2.39. The number of nitrogens with one attached hydrogen (secondary N) is 1. The summed E-state index contributed by atoms with van der Waals surface area (Å²) >= 11 is 3.28. The lowest BCUT2D eigenvalue weighted by molar-refractivity contribution is -0.136. The summed E-state index contributed by atoms with van der Waals surface area (Å²) in [6.07, 6.45) is 6.11. The number of thioether (sulfide) groups is 1. The summed E-state index contributed by atoms with van der Waals surface area (Å²) in [5.74, 6) is 0.615. The van der Waals surface area contributed by atoms with Gasteiger partial charge in [-0.1, -0.05) is 12.1 Å². The first kappa shape index (κ1) is 22.8. The van der Waals surface area contributed by atoms with E-state index in [2.05, 4.69) is 10.3 Å². The van der Waals surface area contributed by atoms with Crippen LogP contribution in [0.15, 0.2) is 41.9 Å². The van der Waals surface area contributed by atoms with Gasteiger partial charge in [-0.05, 0) is 49.1 Å². The van der Waals surface area contributed by atoms with E-state index in [9.17, 15) is 14.4 Å². The zero-order valence-electron chi connectivity index (χ0n) is 18.2.